The number of hydrogen-bond donors (Lipinski definition) is 0. The van der Waals surface area contributed by atoms with Crippen molar-refractivity contribution in [1.29, 1.82) is 0 Å². The van der Waals surface area contributed by atoms with Crippen molar-refractivity contribution >= 4 is 57.6 Å². The number of halogens is 2. The summed E-state index contributed by atoms with van der Waals surface area (Å²) >= 11 is 8.11. The molecule has 6 nitrogen and oxygen atoms in total. The number of para-hydroxylation sites is 1. The fraction of sp³-hybridized carbons (Fsp3) is 0.185. The average molecular weight is 603 g/mol. The normalized spacial score (nSPS) is 14.3. The molecule has 180 valence electrons. The first-order valence-electron chi connectivity index (χ1n) is 11.0. The number of anilines is 1. The second-order valence-electron chi connectivity index (χ2n) is 7.73. The Balaban J connectivity index is 1.42. The van der Waals surface area contributed by atoms with Crippen molar-refractivity contribution < 1.29 is 19.0 Å². The molecule has 0 N–H and O–H groups in total. The minimum atomic E-state index is -0.163. The molecule has 35 heavy (non-hydrogen) atoms. The molecular formula is C27H24ClIN2O4. The average Bonchev–Trinajstić information content (AvgIpc) is 3.14. The van der Waals surface area contributed by atoms with E-state index >= 15 is 0 Å². The van der Waals surface area contributed by atoms with Gasteiger partial charge in [0.1, 0.15) is 5.75 Å². The molecule has 3 aromatic carbocycles. The van der Waals surface area contributed by atoms with Gasteiger partial charge in [0, 0.05) is 11.4 Å². The number of benzene rings is 3. The van der Waals surface area contributed by atoms with E-state index in [-0.39, 0.29) is 5.91 Å². The van der Waals surface area contributed by atoms with Crippen molar-refractivity contribution in [2.75, 3.05) is 25.3 Å². The van der Waals surface area contributed by atoms with Crippen molar-refractivity contribution in [3.63, 3.8) is 0 Å². The lowest BCUT2D eigenvalue weighted by atomic mass is 10.1. The molecule has 0 saturated heterocycles. The maximum Gasteiger partial charge on any atom is 0.280 e. The van der Waals surface area contributed by atoms with Gasteiger partial charge in [0.15, 0.2) is 11.5 Å². The minimum Gasteiger partial charge on any atom is -0.493 e. The summed E-state index contributed by atoms with van der Waals surface area (Å²) in [6, 6.07) is 20.5. The van der Waals surface area contributed by atoms with Gasteiger partial charge in [-0.2, -0.15) is 10.1 Å². The maximum atomic E-state index is 13.0. The number of rotatable bonds is 9. The highest BCUT2D eigenvalue weighted by Gasteiger charge is 2.28. The largest absolute Gasteiger partial charge is 0.493 e. The summed E-state index contributed by atoms with van der Waals surface area (Å²) in [5.74, 6) is 1.87. The van der Waals surface area contributed by atoms with Gasteiger partial charge in [0.05, 0.1) is 40.9 Å². The molecule has 0 saturated carbocycles. The Morgan fingerprint density at radius 2 is 1.74 bits per heavy atom. The van der Waals surface area contributed by atoms with Crippen LogP contribution in [-0.2, 0) is 4.79 Å². The third-order valence-corrected chi connectivity index (χ3v) is 6.30. The van der Waals surface area contributed by atoms with Crippen molar-refractivity contribution in [1.82, 2.24) is 0 Å². The number of carbonyl (C=O) groups excluding carboxylic acids is 1. The SMILES string of the molecule is COc1cc(/C=C2/C(=O)N(c3ccccc3)N=C2C)cc(I)c1OCCCOc1ccc(Cl)cc1. The smallest absolute Gasteiger partial charge is 0.280 e. The summed E-state index contributed by atoms with van der Waals surface area (Å²) in [7, 11) is 1.60. The Hall–Kier alpha value is -3.04. The van der Waals surface area contributed by atoms with Crippen LogP contribution in [0.25, 0.3) is 6.08 Å². The lowest BCUT2D eigenvalue weighted by Gasteiger charge is -2.14. The monoisotopic (exact) mass is 602 g/mol. The molecule has 0 spiro atoms. The van der Waals surface area contributed by atoms with Crippen LogP contribution in [0.1, 0.15) is 18.9 Å². The Bertz CT molecular complexity index is 1260. The molecule has 1 heterocycles. The van der Waals surface area contributed by atoms with Crippen LogP contribution in [-0.4, -0.2) is 31.9 Å². The summed E-state index contributed by atoms with van der Waals surface area (Å²) < 4.78 is 18.2. The van der Waals surface area contributed by atoms with Gasteiger partial charge in [0.25, 0.3) is 5.91 Å². The number of amides is 1. The van der Waals surface area contributed by atoms with Gasteiger partial charge in [-0.1, -0.05) is 29.8 Å². The molecule has 0 bridgehead atoms. The fourth-order valence-corrected chi connectivity index (χ4v) is 4.42. The zero-order valence-corrected chi connectivity index (χ0v) is 22.2. The van der Waals surface area contributed by atoms with E-state index in [0.29, 0.717) is 47.4 Å². The van der Waals surface area contributed by atoms with E-state index in [1.807, 2.05) is 67.6 Å². The predicted molar refractivity (Wildman–Crippen MR) is 148 cm³/mol. The number of hydrazone groups is 1. The third-order valence-electron chi connectivity index (χ3n) is 5.24. The van der Waals surface area contributed by atoms with Crippen LogP contribution in [0.15, 0.2) is 77.4 Å². The van der Waals surface area contributed by atoms with Gasteiger partial charge in [-0.15, -0.1) is 0 Å². The van der Waals surface area contributed by atoms with E-state index in [0.717, 1.165) is 20.6 Å². The molecule has 1 aliphatic heterocycles. The van der Waals surface area contributed by atoms with Gasteiger partial charge in [-0.3, -0.25) is 4.79 Å². The van der Waals surface area contributed by atoms with Gasteiger partial charge in [-0.05, 0) is 89.7 Å². The summed E-state index contributed by atoms with van der Waals surface area (Å²) in [6.45, 7) is 2.82. The lowest BCUT2D eigenvalue weighted by Crippen LogP contribution is -2.21. The van der Waals surface area contributed by atoms with E-state index in [9.17, 15) is 4.79 Å². The first-order chi connectivity index (χ1) is 17.0. The molecule has 0 fully saturated rings. The van der Waals surface area contributed by atoms with Crippen LogP contribution in [0.4, 0.5) is 5.69 Å². The number of methoxy groups -OCH3 is 1. The summed E-state index contributed by atoms with van der Waals surface area (Å²) in [5, 5.41) is 6.54. The van der Waals surface area contributed by atoms with Gasteiger partial charge in [0.2, 0.25) is 0 Å². The molecule has 3 aromatic rings. The van der Waals surface area contributed by atoms with Crippen molar-refractivity contribution in [3.05, 3.63) is 86.5 Å². The van der Waals surface area contributed by atoms with E-state index in [4.69, 9.17) is 25.8 Å². The fourth-order valence-electron chi connectivity index (χ4n) is 3.51. The molecule has 0 aliphatic carbocycles. The van der Waals surface area contributed by atoms with Gasteiger partial charge in [-0.25, -0.2) is 0 Å². The van der Waals surface area contributed by atoms with Crippen molar-refractivity contribution in [2.45, 2.75) is 13.3 Å². The molecule has 0 atom stereocenters. The van der Waals surface area contributed by atoms with Crippen LogP contribution in [0.5, 0.6) is 17.2 Å². The molecule has 1 aliphatic rings. The first-order valence-corrected chi connectivity index (χ1v) is 12.5. The van der Waals surface area contributed by atoms with Crippen LogP contribution in [0, 0.1) is 3.57 Å². The van der Waals surface area contributed by atoms with Gasteiger partial charge < -0.3 is 14.2 Å². The van der Waals surface area contributed by atoms with E-state index in [1.165, 1.54) is 5.01 Å². The molecular weight excluding hydrogens is 579 g/mol. The predicted octanol–water partition coefficient (Wildman–Crippen LogP) is 6.61. The van der Waals surface area contributed by atoms with Gasteiger partial charge >= 0.3 is 0 Å². The third kappa shape index (κ3) is 6.15. The van der Waals surface area contributed by atoms with E-state index in [2.05, 4.69) is 27.7 Å². The maximum absolute atomic E-state index is 13.0. The second-order valence-corrected chi connectivity index (χ2v) is 9.33. The number of nitrogens with zero attached hydrogens (tertiary/aromatic N) is 2. The van der Waals surface area contributed by atoms with E-state index < -0.39 is 0 Å². The topological polar surface area (TPSA) is 60.4 Å². The summed E-state index contributed by atoms with van der Waals surface area (Å²) in [4.78, 5) is 13.0. The minimum absolute atomic E-state index is 0.163. The lowest BCUT2D eigenvalue weighted by molar-refractivity contribution is -0.114. The van der Waals surface area contributed by atoms with Crippen molar-refractivity contribution in [2.24, 2.45) is 5.10 Å². The van der Waals surface area contributed by atoms with Crippen LogP contribution in [0.3, 0.4) is 0 Å². The molecule has 4 rings (SSSR count). The highest BCUT2D eigenvalue weighted by molar-refractivity contribution is 14.1. The van der Waals surface area contributed by atoms with E-state index in [1.54, 1.807) is 19.2 Å². The molecule has 1 amide bonds. The number of ether oxygens (including phenoxy) is 3. The molecule has 0 radical (unpaired) electrons. The summed E-state index contributed by atoms with van der Waals surface area (Å²) in [5.41, 5.74) is 2.77. The highest BCUT2D eigenvalue weighted by Crippen LogP contribution is 2.35. The van der Waals surface area contributed by atoms with Crippen LogP contribution < -0.4 is 19.2 Å². The standard InChI is InChI=1S/C27H24ClIN2O4/c1-18-23(27(32)31(30-18)21-7-4-3-5-8-21)15-19-16-24(29)26(25(17-19)33-2)35-14-6-13-34-22-11-9-20(28)10-12-22/h3-5,7-12,15-17H,6,13-14H2,1-2H3/b23-15+. The Labute approximate surface area is 223 Å². The quantitative estimate of drug-likeness (QED) is 0.157. The molecule has 8 heteroatoms. The zero-order valence-electron chi connectivity index (χ0n) is 19.3. The highest BCUT2D eigenvalue weighted by atomic mass is 127. The zero-order chi connectivity index (χ0) is 24.8. The first kappa shape index (κ1) is 25.1. The number of carbonyl (C=O) groups is 1. The Morgan fingerprint density at radius 1 is 1.03 bits per heavy atom. The second kappa shape index (κ2) is 11.6. The van der Waals surface area contributed by atoms with Crippen LogP contribution >= 0.6 is 34.2 Å². The summed E-state index contributed by atoms with van der Waals surface area (Å²) in [6.07, 6.45) is 2.53. The number of hydrogen-bond acceptors (Lipinski definition) is 5. The Kier molecular flexibility index (Phi) is 8.30. The molecule has 0 aromatic heterocycles. The van der Waals surface area contributed by atoms with Crippen LogP contribution in [0.2, 0.25) is 5.02 Å². The van der Waals surface area contributed by atoms with Crippen molar-refractivity contribution in [3.8, 4) is 17.2 Å². The Morgan fingerprint density at radius 3 is 2.46 bits per heavy atom. The molecule has 0 unspecified atom stereocenters.